The van der Waals surface area contributed by atoms with E-state index in [0.29, 0.717) is 23.5 Å². The van der Waals surface area contributed by atoms with Gasteiger partial charge in [-0.3, -0.25) is 14.8 Å². The average Bonchev–Trinajstić information content (AvgIpc) is 2.52. The molecular formula is C16H20BrN3O. The number of hydrogen-bond donors (Lipinski definition) is 1. The van der Waals surface area contributed by atoms with E-state index in [0.717, 1.165) is 30.1 Å². The van der Waals surface area contributed by atoms with E-state index < -0.39 is 0 Å². The van der Waals surface area contributed by atoms with Gasteiger partial charge in [-0.05, 0) is 30.9 Å². The number of alkyl halides is 1. The number of fused-ring (bicyclic) bond motifs is 1. The van der Waals surface area contributed by atoms with Crippen molar-refractivity contribution in [2.45, 2.75) is 26.2 Å². The summed E-state index contributed by atoms with van der Waals surface area (Å²) >= 11 is 3.47. The van der Waals surface area contributed by atoms with Crippen molar-refractivity contribution in [2.75, 3.05) is 11.9 Å². The molecule has 0 aliphatic rings. The molecule has 21 heavy (non-hydrogen) atoms. The minimum absolute atomic E-state index is 0.0724. The van der Waals surface area contributed by atoms with Gasteiger partial charge in [-0.1, -0.05) is 35.3 Å². The second-order valence-corrected chi connectivity index (χ2v) is 5.87. The molecule has 1 N–H and O–H groups in total. The Kier molecular flexibility index (Phi) is 6.11. The lowest BCUT2D eigenvalue weighted by Crippen LogP contribution is -2.29. The van der Waals surface area contributed by atoms with Crippen LogP contribution in [-0.4, -0.2) is 27.7 Å². The van der Waals surface area contributed by atoms with Crippen LogP contribution in [0.3, 0.4) is 0 Å². The van der Waals surface area contributed by atoms with Crippen LogP contribution < -0.4 is 5.32 Å². The Bertz CT molecular complexity index is 592. The highest BCUT2D eigenvalue weighted by Crippen LogP contribution is 2.15. The predicted octanol–water partition coefficient (Wildman–Crippen LogP) is 3.56. The van der Waals surface area contributed by atoms with Crippen LogP contribution in [0.5, 0.6) is 0 Å². The van der Waals surface area contributed by atoms with Crippen LogP contribution in [0.2, 0.25) is 0 Å². The molecule has 0 fully saturated rings. The summed E-state index contributed by atoms with van der Waals surface area (Å²) in [5, 5.41) is 4.00. The normalized spacial score (nSPS) is 12.3. The van der Waals surface area contributed by atoms with Crippen molar-refractivity contribution in [3.05, 3.63) is 36.2 Å². The molecule has 1 aromatic carbocycles. The van der Waals surface area contributed by atoms with Gasteiger partial charge >= 0.3 is 0 Å². The summed E-state index contributed by atoms with van der Waals surface area (Å²) < 4.78 is 0. The highest BCUT2D eigenvalue weighted by Gasteiger charge is 2.13. The number of aromatic nitrogens is 2. The lowest BCUT2D eigenvalue weighted by Gasteiger charge is -2.16. The molecule has 0 aliphatic carbocycles. The Morgan fingerprint density at radius 3 is 2.86 bits per heavy atom. The average molecular weight is 350 g/mol. The number of nitrogens with one attached hydrogen (secondary N) is 1. The molecule has 4 nitrogen and oxygen atoms in total. The fourth-order valence-electron chi connectivity index (χ4n) is 2.42. The third-order valence-electron chi connectivity index (χ3n) is 3.51. The third-order valence-corrected chi connectivity index (χ3v) is 3.97. The van der Waals surface area contributed by atoms with E-state index in [1.54, 1.807) is 18.5 Å². The van der Waals surface area contributed by atoms with Crippen LogP contribution in [-0.2, 0) is 0 Å². The van der Waals surface area contributed by atoms with Crippen LogP contribution in [0, 0.1) is 5.92 Å². The summed E-state index contributed by atoms with van der Waals surface area (Å²) in [7, 11) is 0. The molecular weight excluding hydrogens is 330 g/mol. The van der Waals surface area contributed by atoms with Crippen molar-refractivity contribution >= 4 is 32.9 Å². The number of carbonyl (C=O) groups excluding carboxylic acids is 1. The Hall–Kier alpha value is -1.49. The number of halogens is 1. The minimum Gasteiger partial charge on any atom is -0.352 e. The summed E-state index contributed by atoms with van der Waals surface area (Å²) in [6.07, 6.45) is 6.58. The molecule has 1 aromatic heterocycles. The Labute approximate surface area is 133 Å². The molecule has 112 valence electrons. The molecule has 1 amide bonds. The van der Waals surface area contributed by atoms with E-state index in [2.05, 4.69) is 38.1 Å². The van der Waals surface area contributed by atoms with E-state index in [-0.39, 0.29) is 5.91 Å². The van der Waals surface area contributed by atoms with Crippen molar-refractivity contribution in [2.24, 2.45) is 5.92 Å². The molecule has 2 rings (SSSR count). The van der Waals surface area contributed by atoms with Gasteiger partial charge in [-0.25, -0.2) is 0 Å². The molecule has 0 bridgehead atoms. The first-order valence-corrected chi connectivity index (χ1v) is 8.42. The van der Waals surface area contributed by atoms with Crippen molar-refractivity contribution < 1.29 is 4.79 Å². The number of hydrogen-bond acceptors (Lipinski definition) is 3. The van der Waals surface area contributed by atoms with Gasteiger partial charge in [-0.15, -0.1) is 0 Å². The Morgan fingerprint density at radius 1 is 1.29 bits per heavy atom. The molecule has 1 heterocycles. The second-order valence-electron chi connectivity index (χ2n) is 5.07. The fraction of sp³-hybridized carbons (Fsp3) is 0.438. The van der Waals surface area contributed by atoms with Crippen molar-refractivity contribution in [1.29, 1.82) is 0 Å². The standard InChI is InChI=1S/C16H20BrN3O/c1-2-4-12(7-8-17)11-20-16(21)13-5-3-6-14-15(13)19-10-9-18-14/h3,5-6,9-10,12H,2,4,7-8,11H2,1H3,(H,20,21). The molecule has 0 aliphatic heterocycles. The minimum atomic E-state index is -0.0724. The topological polar surface area (TPSA) is 54.9 Å². The van der Waals surface area contributed by atoms with Crippen LogP contribution in [0.1, 0.15) is 36.5 Å². The predicted molar refractivity (Wildman–Crippen MR) is 88.7 cm³/mol. The fourth-order valence-corrected chi connectivity index (χ4v) is 3.07. The van der Waals surface area contributed by atoms with Gasteiger partial charge in [0, 0.05) is 24.3 Å². The quantitative estimate of drug-likeness (QED) is 0.777. The molecule has 1 unspecified atom stereocenters. The van der Waals surface area contributed by atoms with E-state index in [1.165, 1.54) is 0 Å². The zero-order valence-electron chi connectivity index (χ0n) is 12.2. The van der Waals surface area contributed by atoms with Gasteiger partial charge in [0.1, 0.15) is 5.52 Å². The van der Waals surface area contributed by atoms with Gasteiger partial charge in [0.25, 0.3) is 5.91 Å². The molecule has 0 spiro atoms. The van der Waals surface area contributed by atoms with Crippen LogP contribution in [0.4, 0.5) is 0 Å². The largest absolute Gasteiger partial charge is 0.352 e. The third kappa shape index (κ3) is 4.24. The number of benzene rings is 1. The van der Waals surface area contributed by atoms with Gasteiger partial charge in [0.05, 0.1) is 11.1 Å². The molecule has 5 heteroatoms. The Balaban J connectivity index is 2.08. The first kappa shape index (κ1) is 15.9. The van der Waals surface area contributed by atoms with Crippen molar-refractivity contribution in [3.8, 4) is 0 Å². The molecule has 2 aromatic rings. The maximum absolute atomic E-state index is 12.4. The maximum Gasteiger partial charge on any atom is 0.253 e. The van der Waals surface area contributed by atoms with Gasteiger partial charge in [0.15, 0.2) is 0 Å². The first-order chi connectivity index (χ1) is 10.3. The number of nitrogens with zero attached hydrogens (tertiary/aromatic N) is 2. The van der Waals surface area contributed by atoms with Gasteiger partial charge in [-0.2, -0.15) is 0 Å². The van der Waals surface area contributed by atoms with Crippen LogP contribution >= 0.6 is 15.9 Å². The summed E-state index contributed by atoms with van der Waals surface area (Å²) in [4.78, 5) is 20.9. The lowest BCUT2D eigenvalue weighted by molar-refractivity contribution is 0.0947. The highest BCUT2D eigenvalue weighted by atomic mass is 79.9. The molecule has 0 radical (unpaired) electrons. The second kappa shape index (κ2) is 8.08. The zero-order valence-corrected chi connectivity index (χ0v) is 13.8. The lowest BCUT2D eigenvalue weighted by atomic mass is 10.0. The SMILES string of the molecule is CCCC(CCBr)CNC(=O)c1cccc2nccnc12. The zero-order chi connectivity index (χ0) is 15.1. The van der Waals surface area contributed by atoms with E-state index >= 15 is 0 Å². The van der Waals surface area contributed by atoms with Crippen molar-refractivity contribution in [1.82, 2.24) is 15.3 Å². The number of rotatable bonds is 7. The number of para-hydroxylation sites is 1. The smallest absolute Gasteiger partial charge is 0.253 e. The number of carbonyl (C=O) groups is 1. The molecule has 0 saturated heterocycles. The van der Waals surface area contributed by atoms with E-state index in [4.69, 9.17) is 0 Å². The van der Waals surface area contributed by atoms with Gasteiger partial charge in [0.2, 0.25) is 0 Å². The van der Waals surface area contributed by atoms with Crippen LogP contribution in [0.25, 0.3) is 11.0 Å². The summed E-state index contributed by atoms with van der Waals surface area (Å²) in [6, 6.07) is 5.50. The van der Waals surface area contributed by atoms with Gasteiger partial charge < -0.3 is 5.32 Å². The summed E-state index contributed by atoms with van der Waals surface area (Å²) in [5.41, 5.74) is 2.00. The maximum atomic E-state index is 12.4. The first-order valence-electron chi connectivity index (χ1n) is 7.30. The van der Waals surface area contributed by atoms with Crippen LogP contribution in [0.15, 0.2) is 30.6 Å². The molecule has 0 saturated carbocycles. The monoisotopic (exact) mass is 349 g/mol. The van der Waals surface area contributed by atoms with E-state index in [9.17, 15) is 4.79 Å². The van der Waals surface area contributed by atoms with Crippen molar-refractivity contribution in [3.63, 3.8) is 0 Å². The number of amides is 1. The Morgan fingerprint density at radius 2 is 2.10 bits per heavy atom. The summed E-state index contributed by atoms with van der Waals surface area (Å²) in [6.45, 7) is 2.87. The van der Waals surface area contributed by atoms with E-state index in [1.807, 2.05) is 12.1 Å². The summed E-state index contributed by atoms with van der Waals surface area (Å²) in [5.74, 6) is 0.441. The molecule has 1 atom stereocenters. The highest BCUT2D eigenvalue weighted by molar-refractivity contribution is 9.09.